The molecule has 0 spiro atoms. The zero-order valence-corrected chi connectivity index (χ0v) is 19.0. The van der Waals surface area contributed by atoms with Crippen LogP contribution in [0.25, 0.3) is 10.2 Å². The minimum Gasteiger partial charge on any atom is -0.356 e. The van der Waals surface area contributed by atoms with Crippen LogP contribution in [0, 0.1) is 25.7 Å². The molecule has 0 saturated carbocycles. The fourth-order valence-corrected chi connectivity index (χ4v) is 5.45. The lowest BCUT2D eigenvalue weighted by atomic mass is 9.92. The van der Waals surface area contributed by atoms with Crippen LogP contribution in [0.3, 0.4) is 0 Å². The highest BCUT2D eigenvalue weighted by atomic mass is 32.1. The van der Waals surface area contributed by atoms with Gasteiger partial charge in [-0.3, -0.25) is 9.59 Å². The number of aromatic nitrogens is 2. The Balaban J connectivity index is 1.37. The van der Waals surface area contributed by atoms with E-state index in [0.717, 1.165) is 46.5 Å². The maximum Gasteiger partial charge on any atom is 0.259 e. The van der Waals surface area contributed by atoms with Crippen LogP contribution in [-0.4, -0.2) is 47.0 Å². The number of amides is 1. The highest BCUT2D eigenvalue weighted by Gasteiger charge is 2.21. The third-order valence-electron chi connectivity index (χ3n) is 5.84. The zero-order chi connectivity index (χ0) is 21.0. The van der Waals surface area contributed by atoms with Crippen molar-refractivity contribution in [2.75, 3.05) is 26.2 Å². The topological polar surface area (TPSA) is 78.1 Å². The van der Waals surface area contributed by atoms with Gasteiger partial charge < -0.3 is 15.2 Å². The van der Waals surface area contributed by atoms with Gasteiger partial charge >= 0.3 is 0 Å². The van der Waals surface area contributed by atoms with E-state index >= 15 is 0 Å². The van der Waals surface area contributed by atoms with Crippen LogP contribution >= 0.6 is 11.3 Å². The summed E-state index contributed by atoms with van der Waals surface area (Å²) in [5.74, 6) is 2.19. The van der Waals surface area contributed by atoms with Crippen LogP contribution in [0.4, 0.5) is 0 Å². The largest absolute Gasteiger partial charge is 0.356 e. The van der Waals surface area contributed by atoms with Gasteiger partial charge in [-0.15, -0.1) is 11.3 Å². The number of likely N-dealkylation sites (tertiary alicyclic amines) is 1. The monoisotopic (exact) mass is 418 g/mol. The van der Waals surface area contributed by atoms with Crippen molar-refractivity contribution in [1.82, 2.24) is 20.2 Å². The van der Waals surface area contributed by atoms with Gasteiger partial charge in [0, 0.05) is 37.4 Å². The van der Waals surface area contributed by atoms with Crippen LogP contribution in [0.1, 0.15) is 55.8 Å². The molecule has 0 bridgehead atoms. The Morgan fingerprint density at radius 2 is 1.97 bits per heavy atom. The summed E-state index contributed by atoms with van der Waals surface area (Å²) in [7, 11) is 0. The molecule has 3 heterocycles. The fourth-order valence-electron chi connectivity index (χ4n) is 4.40. The van der Waals surface area contributed by atoms with E-state index < -0.39 is 0 Å². The molecule has 0 aliphatic carbocycles. The van der Waals surface area contributed by atoms with Gasteiger partial charge in [0.05, 0.1) is 5.39 Å². The number of fused-ring (bicyclic) bond motifs is 1. The van der Waals surface area contributed by atoms with Gasteiger partial charge in [0.25, 0.3) is 5.56 Å². The maximum atomic E-state index is 12.3. The number of aryl methyl sites for hydroxylation is 3. The van der Waals surface area contributed by atoms with Gasteiger partial charge in [-0.2, -0.15) is 0 Å². The summed E-state index contributed by atoms with van der Waals surface area (Å²) in [5, 5.41) is 3.68. The number of thiophene rings is 1. The van der Waals surface area contributed by atoms with E-state index in [4.69, 9.17) is 0 Å². The van der Waals surface area contributed by atoms with E-state index in [9.17, 15) is 9.59 Å². The molecule has 0 radical (unpaired) electrons. The summed E-state index contributed by atoms with van der Waals surface area (Å²) >= 11 is 1.54. The van der Waals surface area contributed by atoms with Crippen molar-refractivity contribution in [3.8, 4) is 0 Å². The Hall–Kier alpha value is -1.73. The fraction of sp³-hybridized carbons (Fsp3) is 0.682. The van der Waals surface area contributed by atoms with Crippen LogP contribution in [0.2, 0.25) is 0 Å². The van der Waals surface area contributed by atoms with Crippen molar-refractivity contribution < 1.29 is 4.79 Å². The molecular formula is C22H34N4O2S. The average Bonchev–Trinajstić information content (AvgIpc) is 2.93. The Kier molecular flexibility index (Phi) is 7.46. The molecule has 2 aromatic rings. The zero-order valence-electron chi connectivity index (χ0n) is 18.1. The Morgan fingerprint density at radius 1 is 1.24 bits per heavy atom. The summed E-state index contributed by atoms with van der Waals surface area (Å²) in [6, 6.07) is 0. The smallest absolute Gasteiger partial charge is 0.259 e. The number of nitrogens with one attached hydrogen (secondary N) is 2. The summed E-state index contributed by atoms with van der Waals surface area (Å²) < 4.78 is 0. The molecule has 29 heavy (non-hydrogen) atoms. The number of piperidine rings is 1. The highest BCUT2D eigenvalue weighted by molar-refractivity contribution is 7.18. The molecule has 1 aliphatic heterocycles. The van der Waals surface area contributed by atoms with Crippen molar-refractivity contribution in [2.24, 2.45) is 11.8 Å². The van der Waals surface area contributed by atoms with Crippen molar-refractivity contribution >= 4 is 27.5 Å². The molecule has 2 N–H and O–H groups in total. The maximum absolute atomic E-state index is 12.3. The molecule has 2 aromatic heterocycles. The second kappa shape index (κ2) is 9.85. The summed E-state index contributed by atoms with van der Waals surface area (Å²) in [6.07, 6.45) is 4.25. The van der Waals surface area contributed by atoms with Crippen molar-refractivity contribution in [2.45, 2.75) is 59.8 Å². The van der Waals surface area contributed by atoms with Crippen LogP contribution < -0.4 is 10.9 Å². The predicted molar refractivity (Wildman–Crippen MR) is 120 cm³/mol. The first-order chi connectivity index (χ1) is 13.8. The minimum atomic E-state index is -0.103. The number of aromatic amines is 1. The summed E-state index contributed by atoms with van der Waals surface area (Å²) in [5.41, 5.74) is 0.894. The summed E-state index contributed by atoms with van der Waals surface area (Å²) in [4.78, 5) is 36.2. The van der Waals surface area contributed by atoms with Crippen molar-refractivity contribution in [3.05, 3.63) is 26.6 Å². The quantitative estimate of drug-likeness (QED) is 0.644. The Bertz CT molecular complexity index is 894. The lowest BCUT2D eigenvalue weighted by Crippen LogP contribution is -2.39. The molecule has 2 atom stereocenters. The Morgan fingerprint density at radius 3 is 2.69 bits per heavy atom. The first-order valence-corrected chi connectivity index (χ1v) is 11.6. The van der Waals surface area contributed by atoms with Crippen LogP contribution in [0.15, 0.2) is 4.79 Å². The normalized spacial score (nSPS) is 20.3. The van der Waals surface area contributed by atoms with E-state index in [1.54, 1.807) is 0 Å². The van der Waals surface area contributed by atoms with E-state index in [2.05, 4.69) is 34.0 Å². The predicted octanol–water partition coefficient (Wildman–Crippen LogP) is 3.41. The third-order valence-corrected chi connectivity index (χ3v) is 6.95. The SMILES string of the molecule is Cc1sc2nc(CCC(=O)NCCCCN3CC(C)CC(C)C3)[nH]c(=O)c2c1C. The minimum absolute atomic E-state index is 0.0199. The standard InChI is InChI=1S/C22H34N4O2S/c1-14-11-15(2)13-26(12-14)10-6-5-9-23-19(27)8-7-18-24-21(28)20-16(3)17(4)29-22(20)25-18/h14-15H,5-13H2,1-4H3,(H,23,27)(H,24,25,28). The van der Waals surface area contributed by atoms with Crippen LogP contribution in [0.5, 0.6) is 0 Å². The lowest BCUT2D eigenvalue weighted by molar-refractivity contribution is -0.121. The third kappa shape index (κ3) is 5.89. The Labute approximate surface area is 177 Å². The number of H-pyrrole nitrogens is 1. The van der Waals surface area contributed by atoms with Gasteiger partial charge in [0.1, 0.15) is 10.7 Å². The highest BCUT2D eigenvalue weighted by Crippen LogP contribution is 2.25. The van der Waals surface area contributed by atoms with Crippen molar-refractivity contribution in [3.63, 3.8) is 0 Å². The van der Waals surface area contributed by atoms with E-state index in [0.29, 0.717) is 30.6 Å². The first kappa shape index (κ1) is 22.0. The van der Waals surface area contributed by atoms with Crippen LogP contribution in [-0.2, 0) is 11.2 Å². The molecule has 1 fully saturated rings. The molecule has 1 aliphatic rings. The van der Waals surface area contributed by atoms with E-state index in [1.165, 1.54) is 30.8 Å². The molecule has 0 aromatic carbocycles. The van der Waals surface area contributed by atoms with E-state index in [-0.39, 0.29) is 11.5 Å². The number of hydrogen-bond donors (Lipinski definition) is 2. The van der Waals surface area contributed by atoms with Gasteiger partial charge in [0.15, 0.2) is 0 Å². The first-order valence-electron chi connectivity index (χ1n) is 10.8. The molecule has 1 saturated heterocycles. The molecular weight excluding hydrogens is 384 g/mol. The number of carbonyl (C=O) groups excluding carboxylic acids is 1. The molecule has 160 valence electrons. The molecule has 1 amide bonds. The number of nitrogens with zero attached hydrogens (tertiary/aromatic N) is 2. The van der Waals surface area contributed by atoms with Crippen molar-refractivity contribution in [1.29, 1.82) is 0 Å². The van der Waals surface area contributed by atoms with Gasteiger partial charge in [0.2, 0.25) is 5.91 Å². The van der Waals surface area contributed by atoms with E-state index in [1.807, 2.05) is 13.8 Å². The summed E-state index contributed by atoms with van der Waals surface area (Å²) in [6.45, 7) is 12.9. The second-order valence-corrected chi connectivity index (χ2v) is 9.94. The van der Waals surface area contributed by atoms with Gasteiger partial charge in [-0.05, 0) is 57.1 Å². The lowest BCUT2D eigenvalue weighted by Gasteiger charge is -2.34. The number of unbranched alkanes of at least 4 members (excludes halogenated alkanes) is 1. The number of rotatable bonds is 8. The molecule has 3 rings (SSSR count). The number of carbonyl (C=O) groups is 1. The molecule has 6 nitrogen and oxygen atoms in total. The second-order valence-electron chi connectivity index (χ2n) is 8.74. The number of hydrogen-bond acceptors (Lipinski definition) is 5. The van der Waals surface area contributed by atoms with Gasteiger partial charge in [-0.1, -0.05) is 13.8 Å². The molecule has 2 unspecified atom stereocenters. The average molecular weight is 419 g/mol. The van der Waals surface area contributed by atoms with Gasteiger partial charge in [-0.25, -0.2) is 4.98 Å². The molecule has 7 heteroatoms.